The van der Waals surface area contributed by atoms with Crippen molar-refractivity contribution in [3.8, 4) is 0 Å². The van der Waals surface area contributed by atoms with E-state index in [4.69, 9.17) is 16.3 Å². The van der Waals surface area contributed by atoms with Gasteiger partial charge in [0.2, 0.25) is 0 Å². The Hall–Kier alpha value is -0.640. The summed E-state index contributed by atoms with van der Waals surface area (Å²) in [6.45, 7) is 3.76. The molecule has 0 saturated carbocycles. The van der Waals surface area contributed by atoms with E-state index >= 15 is 0 Å². The molecule has 0 radical (unpaired) electrons. The van der Waals surface area contributed by atoms with Gasteiger partial charge in [0.05, 0.1) is 16.8 Å². The maximum atomic E-state index is 6.13. The Kier molecular flexibility index (Phi) is 6.38. The molecule has 0 saturated heterocycles. The Morgan fingerprint density at radius 2 is 2.38 bits per heavy atom. The lowest BCUT2D eigenvalue weighted by atomic mass is 10.1. The molecule has 1 aromatic rings. The van der Waals surface area contributed by atoms with E-state index in [1.165, 1.54) is 0 Å². The Morgan fingerprint density at radius 3 is 3.00 bits per heavy atom. The molecule has 1 atom stereocenters. The van der Waals surface area contributed by atoms with Gasteiger partial charge in [-0.05, 0) is 31.5 Å². The van der Waals surface area contributed by atoms with Crippen LogP contribution in [0, 0.1) is 0 Å². The van der Waals surface area contributed by atoms with Gasteiger partial charge >= 0.3 is 0 Å². The number of pyridine rings is 1. The molecular formula is C12H19ClN2O. The zero-order chi connectivity index (χ0) is 11.8. The van der Waals surface area contributed by atoms with Crippen LogP contribution >= 0.6 is 11.6 Å². The monoisotopic (exact) mass is 242 g/mol. The molecule has 1 unspecified atom stereocenters. The van der Waals surface area contributed by atoms with Crippen molar-refractivity contribution in [3.05, 3.63) is 29.0 Å². The van der Waals surface area contributed by atoms with Crippen molar-refractivity contribution in [3.63, 3.8) is 0 Å². The van der Waals surface area contributed by atoms with Gasteiger partial charge in [0.1, 0.15) is 0 Å². The molecule has 0 aliphatic heterocycles. The van der Waals surface area contributed by atoms with Gasteiger partial charge in [-0.1, -0.05) is 18.5 Å². The quantitative estimate of drug-likeness (QED) is 0.747. The van der Waals surface area contributed by atoms with Crippen LogP contribution in [0.5, 0.6) is 0 Å². The topological polar surface area (TPSA) is 34.1 Å². The third-order valence-corrected chi connectivity index (χ3v) is 2.73. The van der Waals surface area contributed by atoms with Crippen LogP contribution in [0.2, 0.25) is 5.02 Å². The zero-order valence-electron chi connectivity index (χ0n) is 9.87. The first-order valence-corrected chi connectivity index (χ1v) is 6.00. The van der Waals surface area contributed by atoms with Crippen molar-refractivity contribution in [1.29, 1.82) is 0 Å². The number of nitrogens with zero attached hydrogens (tertiary/aromatic N) is 1. The maximum absolute atomic E-state index is 6.13. The molecule has 0 aromatic carbocycles. The summed E-state index contributed by atoms with van der Waals surface area (Å²) in [7, 11) is 1.72. The summed E-state index contributed by atoms with van der Waals surface area (Å²) < 4.78 is 5.06. The highest BCUT2D eigenvalue weighted by Crippen LogP contribution is 2.23. The van der Waals surface area contributed by atoms with Gasteiger partial charge in [0.25, 0.3) is 0 Å². The fourth-order valence-corrected chi connectivity index (χ4v) is 1.92. The SMILES string of the molecule is CCNC(CCCOC)c1ncccc1Cl. The van der Waals surface area contributed by atoms with Gasteiger partial charge in [0.15, 0.2) is 0 Å². The highest BCUT2D eigenvalue weighted by molar-refractivity contribution is 6.31. The molecule has 0 aliphatic carbocycles. The average Bonchev–Trinajstić information content (AvgIpc) is 2.29. The summed E-state index contributed by atoms with van der Waals surface area (Å²) in [5, 5.41) is 4.12. The van der Waals surface area contributed by atoms with E-state index in [-0.39, 0.29) is 6.04 Å². The summed E-state index contributed by atoms with van der Waals surface area (Å²) in [5.41, 5.74) is 0.933. The molecule has 1 aromatic heterocycles. The largest absolute Gasteiger partial charge is 0.385 e. The van der Waals surface area contributed by atoms with Gasteiger partial charge in [0, 0.05) is 19.9 Å². The molecule has 3 nitrogen and oxygen atoms in total. The molecule has 4 heteroatoms. The second-order valence-corrected chi connectivity index (χ2v) is 4.02. The first-order valence-electron chi connectivity index (χ1n) is 5.62. The van der Waals surface area contributed by atoms with E-state index in [0.29, 0.717) is 0 Å². The van der Waals surface area contributed by atoms with E-state index in [9.17, 15) is 0 Å². The number of nitrogens with one attached hydrogen (secondary N) is 1. The fourth-order valence-electron chi connectivity index (χ4n) is 1.67. The maximum Gasteiger partial charge on any atom is 0.0758 e. The summed E-state index contributed by atoms with van der Waals surface area (Å²) in [5.74, 6) is 0. The van der Waals surface area contributed by atoms with Crippen molar-refractivity contribution >= 4 is 11.6 Å². The second kappa shape index (κ2) is 7.60. The van der Waals surface area contributed by atoms with Crippen LogP contribution in [-0.4, -0.2) is 25.2 Å². The molecule has 0 aliphatic rings. The summed E-state index contributed by atoms with van der Waals surface area (Å²) in [6.07, 6.45) is 3.77. The predicted molar refractivity (Wildman–Crippen MR) is 66.8 cm³/mol. The van der Waals surface area contributed by atoms with Crippen LogP contribution in [0.25, 0.3) is 0 Å². The van der Waals surface area contributed by atoms with Gasteiger partial charge < -0.3 is 10.1 Å². The van der Waals surface area contributed by atoms with Crippen molar-refractivity contribution < 1.29 is 4.74 Å². The smallest absolute Gasteiger partial charge is 0.0758 e. The number of rotatable bonds is 7. The third-order valence-electron chi connectivity index (χ3n) is 2.41. The highest BCUT2D eigenvalue weighted by Gasteiger charge is 2.14. The number of ether oxygens (including phenoxy) is 1. The van der Waals surface area contributed by atoms with Crippen molar-refractivity contribution in [2.24, 2.45) is 0 Å². The molecule has 1 heterocycles. The van der Waals surface area contributed by atoms with E-state index in [1.54, 1.807) is 13.3 Å². The van der Waals surface area contributed by atoms with Gasteiger partial charge in [-0.25, -0.2) is 0 Å². The summed E-state index contributed by atoms with van der Waals surface area (Å²) >= 11 is 6.13. The Bertz CT molecular complexity index is 307. The van der Waals surface area contributed by atoms with Crippen LogP contribution in [0.1, 0.15) is 31.5 Å². The molecule has 0 amide bonds. The van der Waals surface area contributed by atoms with Crippen LogP contribution in [0.15, 0.2) is 18.3 Å². The highest BCUT2D eigenvalue weighted by atomic mass is 35.5. The fraction of sp³-hybridized carbons (Fsp3) is 0.583. The van der Waals surface area contributed by atoms with E-state index in [1.807, 2.05) is 12.1 Å². The molecular weight excluding hydrogens is 224 g/mol. The van der Waals surface area contributed by atoms with E-state index < -0.39 is 0 Å². The van der Waals surface area contributed by atoms with Crippen LogP contribution < -0.4 is 5.32 Å². The first kappa shape index (κ1) is 13.4. The van der Waals surface area contributed by atoms with Gasteiger partial charge in [-0.3, -0.25) is 4.98 Å². The van der Waals surface area contributed by atoms with Gasteiger partial charge in [-0.15, -0.1) is 0 Å². The van der Waals surface area contributed by atoms with Crippen molar-refractivity contribution in [1.82, 2.24) is 10.3 Å². The lowest BCUT2D eigenvalue weighted by Gasteiger charge is -2.18. The molecule has 0 bridgehead atoms. The molecule has 90 valence electrons. The minimum absolute atomic E-state index is 0.217. The number of halogens is 1. The normalized spacial score (nSPS) is 12.7. The number of aromatic nitrogens is 1. The van der Waals surface area contributed by atoms with Crippen LogP contribution in [0.4, 0.5) is 0 Å². The molecule has 16 heavy (non-hydrogen) atoms. The number of hydrogen-bond donors (Lipinski definition) is 1. The molecule has 0 fully saturated rings. The van der Waals surface area contributed by atoms with Crippen molar-refractivity contribution in [2.45, 2.75) is 25.8 Å². The Balaban J connectivity index is 2.65. The minimum atomic E-state index is 0.217. The Labute approximate surface area is 102 Å². The standard InChI is InChI=1S/C12H19ClN2O/c1-3-14-11(7-5-9-16-2)12-10(13)6-4-8-15-12/h4,6,8,11,14H,3,5,7,9H2,1-2H3. The van der Waals surface area contributed by atoms with E-state index in [0.717, 1.165) is 36.7 Å². The third kappa shape index (κ3) is 4.08. The van der Waals surface area contributed by atoms with Crippen molar-refractivity contribution in [2.75, 3.05) is 20.3 Å². The average molecular weight is 243 g/mol. The predicted octanol–water partition coefficient (Wildman–Crippen LogP) is 2.81. The Morgan fingerprint density at radius 1 is 1.56 bits per heavy atom. The number of methoxy groups -OCH3 is 1. The van der Waals surface area contributed by atoms with E-state index in [2.05, 4.69) is 17.2 Å². The summed E-state index contributed by atoms with van der Waals surface area (Å²) in [4.78, 5) is 4.34. The zero-order valence-corrected chi connectivity index (χ0v) is 10.6. The minimum Gasteiger partial charge on any atom is -0.385 e. The lowest BCUT2D eigenvalue weighted by Crippen LogP contribution is -2.22. The second-order valence-electron chi connectivity index (χ2n) is 3.62. The summed E-state index contributed by atoms with van der Waals surface area (Å²) in [6, 6.07) is 3.95. The van der Waals surface area contributed by atoms with Crippen LogP contribution in [0.3, 0.4) is 0 Å². The molecule has 0 spiro atoms. The van der Waals surface area contributed by atoms with Gasteiger partial charge in [-0.2, -0.15) is 0 Å². The molecule has 1 rings (SSSR count). The van der Waals surface area contributed by atoms with Crippen LogP contribution in [-0.2, 0) is 4.74 Å². The lowest BCUT2D eigenvalue weighted by molar-refractivity contribution is 0.188. The first-order chi connectivity index (χ1) is 7.79. The number of hydrogen-bond acceptors (Lipinski definition) is 3. The molecule has 1 N–H and O–H groups in total.